The maximum absolute atomic E-state index is 11.4. The molecule has 0 atom stereocenters. The molecule has 0 fully saturated rings. The minimum absolute atomic E-state index is 0.0150. The van der Waals surface area contributed by atoms with Crippen molar-refractivity contribution in [2.24, 2.45) is 0 Å². The van der Waals surface area contributed by atoms with E-state index in [0.717, 1.165) is 33.1 Å². The van der Waals surface area contributed by atoms with Crippen LogP contribution in [0.2, 0.25) is 0 Å². The highest BCUT2D eigenvalue weighted by atomic mass is 16.7. The summed E-state index contributed by atoms with van der Waals surface area (Å²) in [7, 11) is 2.40. The summed E-state index contributed by atoms with van der Waals surface area (Å²) in [5.74, 6) is -2.50. The van der Waals surface area contributed by atoms with Crippen LogP contribution in [0.5, 0.6) is 11.5 Å². The summed E-state index contributed by atoms with van der Waals surface area (Å²) in [6.45, 7) is 1.58. The topological polar surface area (TPSA) is 140 Å². The molecule has 0 unspecified atom stereocenters. The molecule has 0 radical (unpaired) electrons. The number of nitro benzene ring substituents is 1. The van der Waals surface area contributed by atoms with E-state index < -0.39 is 41.4 Å². The Morgan fingerprint density at radius 1 is 1.08 bits per heavy atom. The van der Waals surface area contributed by atoms with Gasteiger partial charge < -0.3 is 23.7 Å². The molecule has 26 heavy (non-hydrogen) atoms. The number of carbonyl (C=O) groups excluding carboxylic acids is 3. The number of ether oxygens (including phenoxy) is 5. The van der Waals surface area contributed by atoms with Crippen molar-refractivity contribution in [1.29, 1.82) is 0 Å². The molecule has 0 aromatic heterocycles. The SMILES string of the molecule is COC(=O)COc1cc([N+](=O)[O-])c(C(OC(C)=O)OC(C)=O)cc1OC. The monoisotopic (exact) mass is 371 g/mol. The number of carbonyl (C=O) groups is 3. The van der Waals surface area contributed by atoms with Gasteiger partial charge >= 0.3 is 17.9 Å². The van der Waals surface area contributed by atoms with Gasteiger partial charge in [-0.1, -0.05) is 0 Å². The molecular formula is C15H17NO10. The van der Waals surface area contributed by atoms with Gasteiger partial charge in [-0.2, -0.15) is 0 Å². The van der Waals surface area contributed by atoms with E-state index in [0.29, 0.717) is 0 Å². The minimum atomic E-state index is -1.66. The standard InChI is InChI=1S/C15H17NO10/c1-8(17)25-15(26-9(2)18)10-5-12(22-3)13(6-11(10)16(20)21)24-7-14(19)23-4/h5-6,15H,7H2,1-4H3. The summed E-state index contributed by atoms with van der Waals surface area (Å²) < 4.78 is 24.3. The van der Waals surface area contributed by atoms with Gasteiger partial charge in [-0.25, -0.2) is 4.79 Å². The van der Waals surface area contributed by atoms with Crippen molar-refractivity contribution in [2.45, 2.75) is 20.1 Å². The number of nitrogens with zero attached hydrogens (tertiary/aromatic N) is 1. The number of hydrogen-bond acceptors (Lipinski definition) is 10. The smallest absolute Gasteiger partial charge is 0.343 e. The number of benzene rings is 1. The average Bonchev–Trinajstić information content (AvgIpc) is 2.57. The number of rotatable bonds is 8. The van der Waals surface area contributed by atoms with Crippen molar-refractivity contribution in [3.8, 4) is 11.5 Å². The zero-order valence-corrected chi connectivity index (χ0v) is 14.5. The molecule has 0 aliphatic rings. The normalized spacial score (nSPS) is 10.0. The minimum Gasteiger partial charge on any atom is -0.493 e. The second-order valence-corrected chi connectivity index (χ2v) is 4.73. The maximum Gasteiger partial charge on any atom is 0.343 e. The van der Waals surface area contributed by atoms with E-state index in [4.69, 9.17) is 18.9 Å². The molecule has 0 saturated carbocycles. The van der Waals surface area contributed by atoms with Gasteiger partial charge in [0.25, 0.3) is 12.0 Å². The van der Waals surface area contributed by atoms with Crippen LogP contribution < -0.4 is 9.47 Å². The van der Waals surface area contributed by atoms with E-state index >= 15 is 0 Å². The molecule has 0 bridgehead atoms. The number of nitro groups is 1. The van der Waals surface area contributed by atoms with Gasteiger partial charge in [0.05, 0.1) is 25.2 Å². The molecule has 1 aromatic rings. The van der Waals surface area contributed by atoms with Crippen LogP contribution in [0.3, 0.4) is 0 Å². The van der Waals surface area contributed by atoms with E-state index in [1.807, 2.05) is 0 Å². The molecule has 0 N–H and O–H groups in total. The van der Waals surface area contributed by atoms with Crippen molar-refractivity contribution in [3.05, 3.63) is 27.8 Å². The molecule has 1 rings (SSSR count). The maximum atomic E-state index is 11.4. The summed E-state index contributed by atoms with van der Waals surface area (Å²) in [6.07, 6.45) is -1.66. The Morgan fingerprint density at radius 2 is 1.65 bits per heavy atom. The molecule has 0 aliphatic heterocycles. The lowest BCUT2D eigenvalue weighted by Crippen LogP contribution is -2.17. The van der Waals surface area contributed by atoms with E-state index in [2.05, 4.69) is 4.74 Å². The number of methoxy groups -OCH3 is 2. The Kier molecular flexibility index (Phi) is 7.32. The van der Waals surface area contributed by atoms with Crippen molar-refractivity contribution in [2.75, 3.05) is 20.8 Å². The van der Waals surface area contributed by atoms with E-state index in [1.54, 1.807) is 0 Å². The van der Waals surface area contributed by atoms with E-state index in [-0.39, 0.29) is 17.1 Å². The molecule has 11 heteroatoms. The molecule has 11 nitrogen and oxygen atoms in total. The van der Waals surface area contributed by atoms with Crippen LogP contribution in [0, 0.1) is 10.1 Å². The Labute approximate surface area is 147 Å². The third-order valence-corrected chi connectivity index (χ3v) is 2.88. The lowest BCUT2D eigenvalue weighted by atomic mass is 10.1. The largest absolute Gasteiger partial charge is 0.493 e. The molecular weight excluding hydrogens is 354 g/mol. The first-order valence-corrected chi connectivity index (χ1v) is 7.10. The quantitative estimate of drug-likeness (QED) is 0.284. The van der Waals surface area contributed by atoms with Crippen molar-refractivity contribution < 1.29 is 43.0 Å². The molecule has 0 saturated heterocycles. The zero-order chi connectivity index (χ0) is 19.9. The molecule has 0 spiro atoms. The van der Waals surface area contributed by atoms with Crippen LogP contribution in [0.4, 0.5) is 5.69 Å². The van der Waals surface area contributed by atoms with E-state index in [1.165, 1.54) is 7.11 Å². The summed E-state index contributed by atoms with van der Waals surface area (Å²) in [4.78, 5) is 44.2. The Balaban J connectivity index is 3.40. The fraction of sp³-hybridized carbons (Fsp3) is 0.400. The van der Waals surface area contributed by atoms with Crippen molar-refractivity contribution in [3.63, 3.8) is 0 Å². The first kappa shape index (κ1) is 20.7. The Morgan fingerprint density at radius 3 is 2.08 bits per heavy atom. The van der Waals surface area contributed by atoms with Gasteiger partial charge in [-0.15, -0.1) is 0 Å². The molecule has 0 amide bonds. The average molecular weight is 371 g/mol. The third-order valence-electron chi connectivity index (χ3n) is 2.88. The highest BCUT2D eigenvalue weighted by Crippen LogP contribution is 2.39. The predicted molar refractivity (Wildman–Crippen MR) is 83.4 cm³/mol. The Hall–Kier alpha value is -3.37. The molecule has 0 heterocycles. The van der Waals surface area contributed by atoms with Gasteiger partial charge in [0, 0.05) is 19.9 Å². The lowest BCUT2D eigenvalue weighted by Gasteiger charge is -2.18. The van der Waals surface area contributed by atoms with E-state index in [9.17, 15) is 24.5 Å². The van der Waals surface area contributed by atoms with Crippen LogP contribution in [0.15, 0.2) is 12.1 Å². The van der Waals surface area contributed by atoms with Crippen LogP contribution >= 0.6 is 0 Å². The zero-order valence-electron chi connectivity index (χ0n) is 14.5. The van der Waals surface area contributed by atoms with Gasteiger partial charge in [-0.3, -0.25) is 19.7 Å². The lowest BCUT2D eigenvalue weighted by molar-refractivity contribution is -0.386. The highest BCUT2D eigenvalue weighted by molar-refractivity contribution is 5.71. The fourth-order valence-corrected chi connectivity index (χ4v) is 1.83. The van der Waals surface area contributed by atoms with Crippen LogP contribution in [0.1, 0.15) is 25.7 Å². The van der Waals surface area contributed by atoms with Gasteiger partial charge in [-0.05, 0) is 0 Å². The summed E-state index contributed by atoms with van der Waals surface area (Å²) in [6, 6.07) is 2.07. The third kappa shape index (κ3) is 5.61. The summed E-state index contributed by atoms with van der Waals surface area (Å²) in [5.41, 5.74) is -0.819. The van der Waals surface area contributed by atoms with Crippen LogP contribution in [-0.4, -0.2) is 43.7 Å². The van der Waals surface area contributed by atoms with Gasteiger partial charge in [0.1, 0.15) is 5.56 Å². The molecule has 1 aromatic carbocycles. The fourth-order valence-electron chi connectivity index (χ4n) is 1.83. The molecule has 0 aliphatic carbocycles. The first-order valence-electron chi connectivity index (χ1n) is 7.10. The van der Waals surface area contributed by atoms with Crippen LogP contribution in [-0.2, 0) is 28.6 Å². The Bertz CT molecular complexity index is 699. The number of esters is 3. The van der Waals surface area contributed by atoms with Crippen LogP contribution in [0.25, 0.3) is 0 Å². The second kappa shape index (κ2) is 9.20. The predicted octanol–water partition coefficient (Wildman–Crippen LogP) is 1.28. The highest BCUT2D eigenvalue weighted by Gasteiger charge is 2.30. The second-order valence-electron chi connectivity index (χ2n) is 4.73. The van der Waals surface area contributed by atoms with Gasteiger partial charge in [0.2, 0.25) is 0 Å². The number of hydrogen-bond donors (Lipinski definition) is 0. The summed E-state index contributed by atoms with van der Waals surface area (Å²) >= 11 is 0. The van der Waals surface area contributed by atoms with Crippen molar-refractivity contribution >= 4 is 23.6 Å². The first-order chi connectivity index (χ1) is 12.2. The summed E-state index contributed by atoms with van der Waals surface area (Å²) in [5, 5.41) is 11.4. The molecule has 142 valence electrons. The van der Waals surface area contributed by atoms with Crippen molar-refractivity contribution in [1.82, 2.24) is 0 Å². The van der Waals surface area contributed by atoms with Gasteiger partial charge in [0.15, 0.2) is 18.1 Å².